The Morgan fingerprint density at radius 2 is 1.09 bits per heavy atom. The summed E-state index contributed by atoms with van der Waals surface area (Å²) < 4.78 is 0. The van der Waals surface area contributed by atoms with Crippen molar-refractivity contribution < 1.29 is 70.2 Å². The second kappa shape index (κ2) is 16.7. The van der Waals surface area contributed by atoms with Crippen molar-refractivity contribution in [3.05, 3.63) is 60.2 Å². The van der Waals surface area contributed by atoms with Crippen LogP contribution < -0.4 is 70.2 Å². The van der Waals surface area contributed by atoms with Crippen molar-refractivity contribution in [2.75, 3.05) is 13.1 Å². The highest BCUT2D eigenvalue weighted by molar-refractivity contribution is 5.03. The van der Waals surface area contributed by atoms with Gasteiger partial charge >= 0.3 is 0 Å². The maximum atomic E-state index is 3.10. The average molecular weight is 388 g/mol. The number of aromatic nitrogens is 2. The van der Waals surface area contributed by atoms with E-state index in [9.17, 15) is 0 Å². The number of H-pyrrole nitrogens is 2. The molecule has 2 aromatic heterocycles. The maximum absolute atomic E-state index is 3.10. The molecule has 0 aliphatic carbocycles. The molecule has 22 heavy (non-hydrogen) atoms. The van der Waals surface area contributed by atoms with Gasteiger partial charge in [0.2, 0.25) is 0 Å². The van der Waals surface area contributed by atoms with Gasteiger partial charge in [-0.3, -0.25) is 0 Å². The second-order valence-electron chi connectivity index (χ2n) is 4.39. The Bertz CT molecular complexity index is 402. The number of quaternary nitrogens is 2. The molecule has 6 N–H and O–H groups in total. The van der Waals surface area contributed by atoms with Gasteiger partial charge in [0.1, 0.15) is 26.2 Å². The van der Waals surface area contributed by atoms with Gasteiger partial charge in [-0.05, 0) is 12.1 Å². The fourth-order valence-electron chi connectivity index (χ4n) is 1.89. The first-order valence-corrected chi connectivity index (χ1v) is 6.48. The van der Waals surface area contributed by atoms with E-state index in [1.807, 2.05) is 24.5 Å². The summed E-state index contributed by atoms with van der Waals surface area (Å²) in [7, 11) is 0. The van der Waals surface area contributed by atoms with Crippen LogP contribution in [-0.2, 0) is 13.1 Å². The molecule has 4 nitrogen and oxygen atoms in total. The highest BCUT2D eigenvalue weighted by atomic mass is 35.5. The van der Waals surface area contributed by atoms with E-state index in [0.29, 0.717) is 0 Å². The summed E-state index contributed by atoms with van der Waals surface area (Å²) >= 11 is 0. The Balaban J connectivity index is -0.000000902. The van der Waals surface area contributed by atoms with Gasteiger partial charge < -0.3 is 60.3 Å². The van der Waals surface area contributed by atoms with Crippen molar-refractivity contribution in [3.63, 3.8) is 0 Å². The fraction of sp³-hybridized carbons (Fsp3) is 0.286. The van der Waals surface area contributed by atoms with Gasteiger partial charge in [-0.15, -0.1) is 0 Å². The summed E-state index contributed by atoms with van der Waals surface area (Å²) in [5, 5.41) is 4.69. The lowest BCUT2D eigenvalue weighted by molar-refractivity contribution is -0.738. The van der Waals surface area contributed by atoms with Crippen molar-refractivity contribution in [2.45, 2.75) is 13.1 Å². The summed E-state index contributed by atoms with van der Waals surface area (Å²) in [5.74, 6) is 0. The molecule has 0 radical (unpaired) electrons. The van der Waals surface area contributed by atoms with Crippen LogP contribution in [0.2, 0.25) is 0 Å². The molecular formula is C14H22Cl4N4. The van der Waals surface area contributed by atoms with E-state index in [4.69, 9.17) is 0 Å². The predicted octanol–water partition coefficient (Wildman–Crippen LogP) is -13.8. The van der Waals surface area contributed by atoms with Gasteiger partial charge in [-0.2, -0.15) is 0 Å². The average Bonchev–Trinajstić information content (AvgIpc) is 2.45. The highest BCUT2D eigenvalue weighted by Gasteiger charge is 2.00. The van der Waals surface area contributed by atoms with Gasteiger partial charge in [0.25, 0.3) is 0 Å². The largest absolute Gasteiger partial charge is 1.00 e. The van der Waals surface area contributed by atoms with E-state index in [1.54, 1.807) is 0 Å². The molecule has 0 unspecified atom stereocenters. The molecule has 0 saturated heterocycles. The van der Waals surface area contributed by atoms with Crippen LogP contribution in [-0.4, -0.2) is 13.1 Å². The molecule has 8 heteroatoms. The lowest BCUT2D eigenvalue weighted by Gasteiger charge is -2.00. The lowest BCUT2D eigenvalue weighted by Crippen LogP contribution is -3.00. The Labute approximate surface area is 156 Å². The van der Waals surface area contributed by atoms with Crippen LogP contribution in [0.3, 0.4) is 0 Å². The summed E-state index contributed by atoms with van der Waals surface area (Å²) in [6, 6.07) is 8.38. The third-order valence-corrected chi connectivity index (χ3v) is 2.88. The lowest BCUT2D eigenvalue weighted by atomic mass is 10.3. The van der Waals surface area contributed by atoms with E-state index >= 15 is 0 Å². The van der Waals surface area contributed by atoms with Gasteiger partial charge in [-0.25, -0.2) is 9.97 Å². The van der Waals surface area contributed by atoms with Crippen molar-refractivity contribution in [1.82, 2.24) is 0 Å². The molecule has 126 valence electrons. The summed E-state index contributed by atoms with van der Waals surface area (Å²) in [5.41, 5.74) is 2.69. The molecule has 2 aromatic rings. The molecule has 0 fully saturated rings. The first kappa shape index (κ1) is 26.3. The molecule has 0 bridgehead atoms. The number of hydrogen-bond donors (Lipinski definition) is 2. The SMILES string of the molecule is [Cl-].[Cl-].[Cl-].[Cl-].c1c[nH+]cc(C[NH2+]CC[NH2+]Cc2ccc[nH+]c2)c1. The molecule has 0 spiro atoms. The number of nitrogens with two attached hydrogens (primary N) is 2. The first-order valence-electron chi connectivity index (χ1n) is 6.48. The van der Waals surface area contributed by atoms with Crippen LogP contribution >= 0.6 is 0 Å². The minimum absolute atomic E-state index is 0. The Hall–Kier alpha value is -0.620. The second-order valence-corrected chi connectivity index (χ2v) is 4.39. The quantitative estimate of drug-likeness (QED) is 0.443. The zero-order chi connectivity index (χ0) is 12.5. The van der Waals surface area contributed by atoms with Crippen molar-refractivity contribution in [1.29, 1.82) is 0 Å². The normalized spacial score (nSPS) is 8.55. The molecule has 0 atom stereocenters. The van der Waals surface area contributed by atoms with E-state index in [1.165, 1.54) is 11.1 Å². The topological polar surface area (TPSA) is 61.5 Å². The van der Waals surface area contributed by atoms with Crippen LogP contribution in [0, 0.1) is 0 Å². The summed E-state index contributed by atoms with van der Waals surface area (Å²) in [6.45, 7) is 4.38. The number of aromatic amines is 2. The van der Waals surface area contributed by atoms with E-state index < -0.39 is 0 Å². The number of nitrogens with one attached hydrogen (secondary N) is 2. The Morgan fingerprint density at radius 3 is 1.41 bits per heavy atom. The van der Waals surface area contributed by atoms with Crippen LogP contribution in [0.15, 0.2) is 49.1 Å². The van der Waals surface area contributed by atoms with Crippen molar-refractivity contribution >= 4 is 0 Å². The minimum Gasteiger partial charge on any atom is -1.00 e. The smallest absolute Gasteiger partial charge is 0.175 e. The van der Waals surface area contributed by atoms with Crippen molar-refractivity contribution in [2.24, 2.45) is 0 Å². The zero-order valence-electron chi connectivity index (χ0n) is 12.1. The molecule has 2 heterocycles. The molecule has 0 amide bonds. The molecule has 0 aliphatic heterocycles. The van der Waals surface area contributed by atoms with Crippen molar-refractivity contribution in [3.8, 4) is 0 Å². The molecule has 0 saturated carbocycles. The van der Waals surface area contributed by atoms with Crippen LogP contribution in [0.4, 0.5) is 0 Å². The number of pyridine rings is 2. The summed E-state index contributed by atoms with van der Waals surface area (Å²) in [4.78, 5) is 6.21. The monoisotopic (exact) mass is 386 g/mol. The van der Waals surface area contributed by atoms with E-state index in [-0.39, 0.29) is 49.6 Å². The van der Waals surface area contributed by atoms with Gasteiger partial charge in [-0.1, -0.05) is 0 Å². The number of halogens is 4. The summed E-state index contributed by atoms with van der Waals surface area (Å²) in [6.07, 6.45) is 7.99. The van der Waals surface area contributed by atoms with Crippen LogP contribution in [0.1, 0.15) is 11.1 Å². The number of hydrogen-bond acceptors (Lipinski definition) is 0. The standard InChI is InChI=1S/C14H18N4.4ClH/c1-3-13(9-15-5-1)11-17-7-8-18-12-14-4-2-6-16-10-14;;;;/h1-6,9-10,17-18H,7-8,11-12H2;4*1H. The third-order valence-electron chi connectivity index (χ3n) is 2.88. The first-order chi connectivity index (χ1) is 8.95. The molecular weight excluding hydrogens is 366 g/mol. The Morgan fingerprint density at radius 1 is 0.682 bits per heavy atom. The van der Waals surface area contributed by atoms with Gasteiger partial charge in [0.05, 0.1) is 11.1 Å². The fourth-order valence-corrected chi connectivity index (χ4v) is 1.89. The van der Waals surface area contributed by atoms with E-state index in [2.05, 4.69) is 45.1 Å². The minimum atomic E-state index is 0. The third kappa shape index (κ3) is 11.0. The molecule has 0 aromatic carbocycles. The molecule has 2 rings (SSSR count). The maximum Gasteiger partial charge on any atom is 0.175 e. The highest BCUT2D eigenvalue weighted by Crippen LogP contribution is 1.88. The van der Waals surface area contributed by atoms with Gasteiger partial charge in [0.15, 0.2) is 24.8 Å². The zero-order valence-corrected chi connectivity index (χ0v) is 15.1. The van der Waals surface area contributed by atoms with E-state index in [0.717, 1.165) is 26.2 Å². The van der Waals surface area contributed by atoms with Crippen LogP contribution in [0.25, 0.3) is 0 Å². The van der Waals surface area contributed by atoms with Gasteiger partial charge in [0, 0.05) is 12.1 Å². The Kier molecular flexibility index (Phi) is 20.0. The predicted molar refractivity (Wildman–Crippen MR) is 67.0 cm³/mol. The number of rotatable bonds is 7. The molecule has 0 aliphatic rings. The van der Waals surface area contributed by atoms with Crippen LogP contribution in [0.5, 0.6) is 0 Å².